The molecular formula is C22H23Cl2N3S. The van der Waals surface area contributed by atoms with E-state index in [9.17, 15) is 0 Å². The van der Waals surface area contributed by atoms with Gasteiger partial charge in [0.25, 0.3) is 0 Å². The molecule has 0 spiro atoms. The van der Waals surface area contributed by atoms with E-state index in [0.29, 0.717) is 15.6 Å². The lowest BCUT2D eigenvalue weighted by Gasteiger charge is -2.12. The van der Waals surface area contributed by atoms with Crippen LogP contribution in [0, 0.1) is 18.3 Å². The summed E-state index contributed by atoms with van der Waals surface area (Å²) in [5, 5.41) is 16.1. The van der Waals surface area contributed by atoms with Crippen LogP contribution in [0.25, 0.3) is 0 Å². The standard InChI is InChI=1S/C22H23Cl2N3S/c1-5-8-17(14-25)9-6-7-10-21-16(4)26-27(15(2)3)22(21)28-20-12-18(23)11-19(24)13-20/h5-9,11-13,15H,10H2,1-4H3/b7-6+,8-5-,17-9+. The van der Waals surface area contributed by atoms with E-state index in [1.54, 1.807) is 23.9 Å². The Morgan fingerprint density at radius 2 is 1.96 bits per heavy atom. The molecule has 1 heterocycles. The number of halogens is 2. The number of allylic oxidation sites excluding steroid dienone is 6. The highest BCUT2D eigenvalue weighted by molar-refractivity contribution is 7.99. The normalized spacial score (nSPS) is 12.4. The van der Waals surface area contributed by atoms with Crippen molar-refractivity contribution in [1.82, 2.24) is 9.78 Å². The van der Waals surface area contributed by atoms with Crippen molar-refractivity contribution in [2.24, 2.45) is 0 Å². The highest BCUT2D eigenvalue weighted by Crippen LogP contribution is 2.36. The van der Waals surface area contributed by atoms with Gasteiger partial charge >= 0.3 is 0 Å². The Morgan fingerprint density at radius 1 is 1.29 bits per heavy atom. The summed E-state index contributed by atoms with van der Waals surface area (Å²) in [5.41, 5.74) is 2.77. The first-order valence-corrected chi connectivity index (χ1v) is 10.5. The van der Waals surface area contributed by atoms with Crippen LogP contribution in [-0.2, 0) is 6.42 Å². The molecule has 0 saturated heterocycles. The third-order valence-corrected chi connectivity index (χ3v) is 5.44. The first-order chi connectivity index (χ1) is 13.3. The van der Waals surface area contributed by atoms with Crippen molar-refractivity contribution in [3.8, 4) is 6.07 Å². The van der Waals surface area contributed by atoms with Crippen LogP contribution < -0.4 is 0 Å². The zero-order chi connectivity index (χ0) is 20.7. The number of hydrogen-bond donors (Lipinski definition) is 0. The highest BCUT2D eigenvalue weighted by atomic mass is 35.5. The Hall–Kier alpha value is -1.93. The molecule has 0 saturated carbocycles. The van der Waals surface area contributed by atoms with Crippen LogP contribution in [0.4, 0.5) is 0 Å². The zero-order valence-electron chi connectivity index (χ0n) is 16.4. The molecular weight excluding hydrogens is 409 g/mol. The molecule has 0 radical (unpaired) electrons. The van der Waals surface area contributed by atoms with E-state index in [1.165, 1.54) is 0 Å². The van der Waals surface area contributed by atoms with Gasteiger partial charge in [0.1, 0.15) is 5.03 Å². The van der Waals surface area contributed by atoms with Crippen molar-refractivity contribution in [3.05, 3.63) is 75.5 Å². The molecule has 1 aromatic heterocycles. The predicted octanol–water partition coefficient (Wildman–Crippen LogP) is 7.36. The van der Waals surface area contributed by atoms with Gasteiger partial charge < -0.3 is 0 Å². The molecule has 0 atom stereocenters. The van der Waals surface area contributed by atoms with Gasteiger partial charge in [-0.25, -0.2) is 0 Å². The van der Waals surface area contributed by atoms with Crippen LogP contribution in [-0.4, -0.2) is 9.78 Å². The summed E-state index contributed by atoms with van der Waals surface area (Å²) in [4.78, 5) is 0.976. The third-order valence-electron chi connectivity index (χ3n) is 3.91. The molecule has 0 N–H and O–H groups in total. The molecule has 3 nitrogen and oxygen atoms in total. The Labute approximate surface area is 181 Å². The molecule has 1 aromatic carbocycles. The number of aromatic nitrogens is 2. The maximum absolute atomic E-state index is 9.09. The number of aryl methyl sites for hydroxylation is 1. The molecule has 0 aliphatic rings. The summed E-state index contributed by atoms with van der Waals surface area (Å²) in [6.07, 6.45) is 10.1. The van der Waals surface area contributed by atoms with E-state index in [0.717, 1.165) is 27.6 Å². The number of hydrogen-bond acceptors (Lipinski definition) is 3. The molecule has 0 aliphatic heterocycles. The van der Waals surface area contributed by atoms with Gasteiger partial charge in [-0.2, -0.15) is 10.4 Å². The Kier molecular flexibility index (Phi) is 8.44. The van der Waals surface area contributed by atoms with Crippen LogP contribution in [0.3, 0.4) is 0 Å². The van der Waals surface area contributed by atoms with Crippen molar-refractivity contribution in [3.63, 3.8) is 0 Å². The second-order valence-corrected chi connectivity index (χ2v) is 8.42. The maximum Gasteiger partial charge on any atom is 0.103 e. The lowest BCUT2D eigenvalue weighted by atomic mass is 10.1. The first kappa shape index (κ1) is 22.4. The molecule has 28 heavy (non-hydrogen) atoms. The highest BCUT2D eigenvalue weighted by Gasteiger charge is 2.17. The molecule has 0 aliphatic carbocycles. The number of nitrogens with zero attached hydrogens (tertiary/aromatic N) is 3. The van der Waals surface area contributed by atoms with Crippen LogP contribution in [0.15, 0.2) is 64.1 Å². The molecule has 2 aromatic rings. The van der Waals surface area contributed by atoms with Gasteiger partial charge in [-0.3, -0.25) is 4.68 Å². The fraction of sp³-hybridized carbons (Fsp3) is 0.273. The van der Waals surface area contributed by atoms with Gasteiger partial charge in [0, 0.05) is 26.5 Å². The second kappa shape index (κ2) is 10.6. The van der Waals surface area contributed by atoms with Crippen molar-refractivity contribution in [2.75, 3.05) is 0 Å². The molecule has 0 fully saturated rings. The Balaban J connectivity index is 2.35. The van der Waals surface area contributed by atoms with Crippen LogP contribution in [0.1, 0.15) is 38.1 Å². The van der Waals surface area contributed by atoms with E-state index in [4.69, 9.17) is 33.6 Å². The second-order valence-electron chi connectivity index (χ2n) is 6.48. The van der Waals surface area contributed by atoms with E-state index < -0.39 is 0 Å². The fourth-order valence-electron chi connectivity index (χ4n) is 2.62. The van der Waals surface area contributed by atoms with Crippen LogP contribution in [0.5, 0.6) is 0 Å². The number of nitriles is 1. The Morgan fingerprint density at radius 3 is 2.54 bits per heavy atom. The lowest BCUT2D eigenvalue weighted by Crippen LogP contribution is -2.04. The van der Waals surface area contributed by atoms with Gasteiger partial charge in [-0.1, -0.05) is 53.2 Å². The monoisotopic (exact) mass is 431 g/mol. The summed E-state index contributed by atoms with van der Waals surface area (Å²) < 4.78 is 2.04. The summed E-state index contributed by atoms with van der Waals surface area (Å²) in [6, 6.07) is 7.93. The van der Waals surface area contributed by atoms with E-state index in [1.807, 2.05) is 55.0 Å². The minimum Gasteiger partial charge on any atom is -0.256 e. The molecule has 0 amide bonds. The molecule has 0 bridgehead atoms. The zero-order valence-corrected chi connectivity index (χ0v) is 18.7. The quantitative estimate of drug-likeness (QED) is 0.339. The average molecular weight is 432 g/mol. The van der Waals surface area contributed by atoms with Gasteiger partial charge in [-0.05, 0) is 64.5 Å². The van der Waals surface area contributed by atoms with Crippen LogP contribution in [0.2, 0.25) is 10.0 Å². The van der Waals surface area contributed by atoms with Gasteiger partial charge in [-0.15, -0.1) is 0 Å². The number of benzene rings is 1. The summed E-state index contributed by atoms with van der Waals surface area (Å²) in [5.74, 6) is 0. The largest absolute Gasteiger partial charge is 0.256 e. The van der Waals surface area contributed by atoms with Gasteiger partial charge in [0.15, 0.2) is 0 Å². The lowest BCUT2D eigenvalue weighted by molar-refractivity contribution is 0.489. The maximum atomic E-state index is 9.09. The topological polar surface area (TPSA) is 41.6 Å². The van der Waals surface area contributed by atoms with Crippen molar-refractivity contribution < 1.29 is 0 Å². The van der Waals surface area contributed by atoms with Crippen molar-refractivity contribution in [1.29, 1.82) is 5.26 Å². The molecule has 146 valence electrons. The SMILES string of the molecule is C\C=C/C(C#N)=C\C=C\Cc1c(C)nn(C(C)C)c1Sc1cc(Cl)cc(Cl)c1. The van der Waals surface area contributed by atoms with E-state index in [-0.39, 0.29) is 6.04 Å². The molecule has 0 unspecified atom stereocenters. The van der Waals surface area contributed by atoms with Gasteiger partial charge in [0.05, 0.1) is 17.3 Å². The Bertz CT molecular complexity index is 943. The van der Waals surface area contributed by atoms with Crippen molar-refractivity contribution >= 4 is 35.0 Å². The summed E-state index contributed by atoms with van der Waals surface area (Å²) >= 11 is 13.9. The third kappa shape index (κ3) is 6.04. The smallest absolute Gasteiger partial charge is 0.103 e. The minimum atomic E-state index is 0.230. The van der Waals surface area contributed by atoms with E-state index >= 15 is 0 Å². The van der Waals surface area contributed by atoms with Crippen LogP contribution >= 0.6 is 35.0 Å². The summed E-state index contributed by atoms with van der Waals surface area (Å²) in [7, 11) is 0. The summed E-state index contributed by atoms with van der Waals surface area (Å²) in [6.45, 7) is 8.14. The van der Waals surface area contributed by atoms with Gasteiger partial charge in [0.2, 0.25) is 0 Å². The minimum absolute atomic E-state index is 0.230. The first-order valence-electron chi connectivity index (χ1n) is 8.97. The molecule has 2 rings (SSSR count). The van der Waals surface area contributed by atoms with Crippen molar-refractivity contribution in [2.45, 2.75) is 50.1 Å². The average Bonchev–Trinajstić information content (AvgIpc) is 2.92. The predicted molar refractivity (Wildman–Crippen MR) is 119 cm³/mol. The fourth-order valence-corrected chi connectivity index (χ4v) is 4.57. The van der Waals surface area contributed by atoms with E-state index in [2.05, 4.69) is 19.9 Å². The molecule has 6 heteroatoms. The number of rotatable bonds is 7.